The number of hydrogen-bond acceptors (Lipinski definition) is 10. The fourth-order valence-corrected chi connectivity index (χ4v) is 6.09. The lowest BCUT2D eigenvalue weighted by atomic mass is 9.57. The molecule has 37 heavy (non-hydrogen) atoms. The van der Waals surface area contributed by atoms with Crippen LogP contribution in [0.1, 0.15) is 23.1 Å². The van der Waals surface area contributed by atoms with E-state index in [4.69, 9.17) is 5.73 Å². The van der Waals surface area contributed by atoms with E-state index in [0.29, 0.717) is 11.1 Å². The number of nitrogens with two attached hydrogens (primary N) is 1. The number of amides is 1. The number of aliphatic hydroxyl groups is 3. The number of aromatic hydroxyl groups is 1. The average Bonchev–Trinajstić information content (AvgIpc) is 2.77. The van der Waals surface area contributed by atoms with Crippen LogP contribution in [0.5, 0.6) is 5.75 Å². The molecular weight excluding hydrogens is 482 g/mol. The summed E-state index contributed by atoms with van der Waals surface area (Å²) >= 11 is 0. The summed E-state index contributed by atoms with van der Waals surface area (Å²) in [4.78, 5) is 54.7. The molecule has 3 aliphatic carbocycles. The first kappa shape index (κ1) is 26.5. The molecule has 198 valence electrons. The van der Waals surface area contributed by atoms with Crippen LogP contribution in [0.15, 0.2) is 29.0 Å². The van der Waals surface area contributed by atoms with Gasteiger partial charge in [0.15, 0.2) is 17.2 Å². The summed E-state index contributed by atoms with van der Waals surface area (Å²) in [6.07, 6.45) is 0.182. The normalized spacial score (nSPS) is 27.4. The minimum atomic E-state index is -2.68. The van der Waals surface area contributed by atoms with Crippen molar-refractivity contribution in [3.63, 3.8) is 0 Å². The first-order chi connectivity index (χ1) is 17.2. The molecule has 0 saturated heterocycles. The number of phenols is 1. The lowest BCUT2D eigenvalue weighted by Gasteiger charge is -2.50. The third kappa shape index (κ3) is 3.94. The standard InChI is InChI=1S/C26H31N3O8/c1-28(2)10-13(30)7-11-5-6-16(31)18-14(11)8-12-9-15-20(29(3)4)22(33)19(25(27)36)24(35)26(15,37)23(34)17(12)21(18)32/h5-6,12,15,20,31-32,35,37H,7-10H2,1-4H3,(H2,27,36). The Hall–Kier alpha value is -3.54. The zero-order chi connectivity index (χ0) is 27.6. The quantitative estimate of drug-likeness (QED) is 0.315. The summed E-state index contributed by atoms with van der Waals surface area (Å²) < 4.78 is 0. The molecule has 4 rings (SSSR count). The van der Waals surface area contributed by atoms with E-state index in [9.17, 15) is 39.6 Å². The molecule has 0 bridgehead atoms. The number of rotatable bonds is 6. The highest BCUT2D eigenvalue weighted by Gasteiger charge is 2.64. The van der Waals surface area contributed by atoms with E-state index < -0.39 is 58.0 Å². The summed E-state index contributed by atoms with van der Waals surface area (Å²) in [6, 6.07) is 1.77. The van der Waals surface area contributed by atoms with Crippen LogP contribution in [0.25, 0.3) is 5.76 Å². The van der Waals surface area contributed by atoms with Crippen LogP contribution < -0.4 is 5.73 Å². The molecule has 0 aromatic heterocycles. The van der Waals surface area contributed by atoms with Crippen molar-refractivity contribution in [2.45, 2.75) is 30.9 Å². The second kappa shape index (κ2) is 9.09. The van der Waals surface area contributed by atoms with Crippen molar-refractivity contribution in [1.29, 1.82) is 0 Å². The number of ketones is 3. The van der Waals surface area contributed by atoms with E-state index in [1.54, 1.807) is 39.2 Å². The highest BCUT2D eigenvalue weighted by Crippen LogP contribution is 2.52. The van der Waals surface area contributed by atoms with Crippen molar-refractivity contribution in [3.05, 3.63) is 45.7 Å². The summed E-state index contributed by atoms with van der Waals surface area (Å²) in [5.41, 5.74) is 2.62. The average molecular weight is 514 g/mol. The van der Waals surface area contributed by atoms with Gasteiger partial charge in [-0.2, -0.15) is 0 Å². The van der Waals surface area contributed by atoms with Gasteiger partial charge in [0.2, 0.25) is 5.78 Å². The highest BCUT2D eigenvalue weighted by molar-refractivity contribution is 6.24. The van der Waals surface area contributed by atoms with Gasteiger partial charge in [-0.1, -0.05) is 6.07 Å². The molecule has 1 aromatic rings. The van der Waals surface area contributed by atoms with Crippen LogP contribution in [0.4, 0.5) is 0 Å². The van der Waals surface area contributed by atoms with Gasteiger partial charge in [0.1, 0.15) is 22.8 Å². The Bertz CT molecular complexity index is 1290. The molecular formula is C26H31N3O8. The number of aliphatic hydroxyl groups excluding tert-OH is 2. The maximum absolute atomic E-state index is 13.8. The smallest absolute Gasteiger partial charge is 0.255 e. The second-order valence-electron chi connectivity index (χ2n) is 10.5. The van der Waals surface area contributed by atoms with Crippen LogP contribution in [-0.4, -0.2) is 99.9 Å². The predicted octanol–water partition coefficient (Wildman–Crippen LogP) is -0.363. The topological polar surface area (TPSA) is 182 Å². The molecule has 0 aliphatic heterocycles. The molecule has 6 N–H and O–H groups in total. The number of carbonyl (C=O) groups excluding carboxylic acids is 4. The first-order valence-electron chi connectivity index (χ1n) is 11.9. The van der Waals surface area contributed by atoms with Crippen LogP contribution in [0.3, 0.4) is 0 Å². The number of benzene rings is 1. The lowest BCUT2D eigenvalue weighted by Crippen LogP contribution is -2.65. The van der Waals surface area contributed by atoms with E-state index in [2.05, 4.69) is 0 Å². The molecule has 1 saturated carbocycles. The fourth-order valence-electron chi connectivity index (χ4n) is 6.09. The van der Waals surface area contributed by atoms with Crippen molar-refractivity contribution < 1.29 is 39.6 Å². The molecule has 0 heterocycles. The van der Waals surface area contributed by atoms with Gasteiger partial charge < -0.3 is 31.1 Å². The molecule has 3 aliphatic rings. The number of carbonyl (C=O) groups is 4. The SMILES string of the molecule is CN(C)CC(=O)Cc1ccc(O)c2c1CC1CC3C(N(C)C)C(=O)C(C(N)=O)=C(O)C3(O)C(=O)C1=C2O. The van der Waals surface area contributed by atoms with Crippen LogP contribution >= 0.6 is 0 Å². The van der Waals surface area contributed by atoms with E-state index in [1.165, 1.54) is 11.0 Å². The predicted molar refractivity (Wildman–Crippen MR) is 132 cm³/mol. The Kier molecular flexibility index (Phi) is 6.51. The minimum absolute atomic E-state index is 0.00744. The Morgan fingerprint density at radius 3 is 2.32 bits per heavy atom. The van der Waals surface area contributed by atoms with Gasteiger partial charge in [-0.25, -0.2) is 0 Å². The monoisotopic (exact) mass is 513 g/mol. The molecule has 0 spiro atoms. The van der Waals surface area contributed by atoms with Gasteiger partial charge in [-0.3, -0.25) is 24.1 Å². The van der Waals surface area contributed by atoms with Crippen LogP contribution in [-0.2, 0) is 32.0 Å². The Balaban J connectivity index is 1.89. The summed E-state index contributed by atoms with van der Waals surface area (Å²) in [6.45, 7) is 0.195. The zero-order valence-electron chi connectivity index (χ0n) is 21.1. The Morgan fingerprint density at radius 1 is 1.11 bits per heavy atom. The van der Waals surface area contributed by atoms with E-state index >= 15 is 0 Å². The minimum Gasteiger partial charge on any atom is -0.508 e. The van der Waals surface area contributed by atoms with E-state index in [0.717, 1.165) is 0 Å². The molecule has 4 unspecified atom stereocenters. The summed E-state index contributed by atoms with van der Waals surface area (Å²) in [7, 11) is 6.61. The molecule has 1 fully saturated rings. The van der Waals surface area contributed by atoms with Gasteiger partial charge >= 0.3 is 0 Å². The molecule has 1 aromatic carbocycles. The van der Waals surface area contributed by atoms with Gasteiger partial charge in [-0.05, 0) is 64.1 Å². The number of fused-ring (bicyclic) bond motifs is 3. The van der Waals surface area contributed by atoms with Crippen molar-refractivity contribution in [1.82, 2.24) is 9.80 Å². The van der Waals surface area contributed by atoms with Gasteiger partial charge in [0, 0.05) is 17.9 Å². The number of Topliss-reactive ketones (excluding diaryl/α,β-unsaturated/α-hetero) is 3. The largest absolute Gasteiger partial charge is 0.508 e. The molecule has 11 heteroatoms. The second-order valence-corrected chi connectivity index (χ2v) is 10.5. The van der Waals surface area contributed by atoms with Crippen molar-refractivity contribution in [2.75, 3.05) is 34.7 Å². The molecule has 4 atom stereocenters. The molecule has 11 nitrogen and oxygen atoms in total. The number of primary amides is 1. The maximum atomic E-state index is 13.8. The van der Waals surface area contributed by atoms with Gasteiger partial charge in [0.25, 0.3) is 5.91 Å². The molecule has 1 amide bonds. The summed E-state index contributed by atoms with van der Waals surface area (Å²) in [5, 5.41) is 44.3. The summed E-state index contributed by atoms with van der Waals surface area (Å²) in [5.74, 6) is -7.10. The first-order valence-corrected chi connectivity index (χ1v) is 11.9. The number of phenolic OH excluding ortho intramolecular Hbond substituents is 1. The van der Waals surface area contributed by atoms with Crippen LogP contribution in [0.2, 0.25) is 0 Å². The van der Waals surface area contributed by atoms with Crippen molar-refractivity contribution in [2.24, 2.45) is 17.6 Å². The van der Waals surface area contributed by atoms with Gasteiger partial charge in [-0.15, -0.1) is 0 Å². The van der Waals surface area contributed by atoms with Crippen molar-refractivity contribution in [3.8, 4) is 5.75 Å². The highest BCUT2D eigenvalue weighted by atomic mass is 16.3. The van der Waals surface area contributed by atoms with E-state index in [-0.39, 0.29) is 48.5 Å². The maximum Gasteiger partial charge on any atom is 0.255 e. The third-order valence-corrected chi connectivity index (χ3v) is 7.58. The van der Waals surface area contributed by atoms with Gasteiger partial charge in [0.05, 0.1) is 18.2 Å². The number of likely N-dealkylation sites (N-methyl/N-ethyl adjacent to an activating group) is 2. The third-order valence-electron chi connectivity index (χ3n) is 7.58. The fraction of sp³-hybridized carbons (Fsp3) is 0.462. The zero-order valence-corrected chi connectivity index (χ0v) is 21.1. The number of hydrogen-bond donors (Lipinski definition) is 5. The van der Waals surface area contributed by atoms with Crippen LogP contribution in [0, 0.1) is 11.8 Å². The van der Waals surface area contributed by atoms with Crippen molar-refractivity contribution >= 4 is 29.0 Å². The lowest BCUT2D eigenvalue weighted by molar-refractivity contribution is -0.153. The van der Waals surface area contributed by atoms with E-state index in [1.807, 2.05) is 0 Å². The number of nitrogens with zero attached hydrogens (tertiary/aromatic N) is 2. The Morgan fingerprint density at radius 2 is 1.76 bits per heavy atom. The molecule has 0 radical (unpaired) electrons. The Labute approximate surface area is 213 Å².